The first-order valence-corrected chi connectivity index (χ1v) is 9.05. The molecule has 0 aliphatic carbocycles. The van der Waals surface area contributed by atoms with Crippen molar-refractivity contribution in [2.75, 3.05) is 26.2 Å². The van der Waals surface area contributed by atoms with E-state index in [9.17, 15) is 9.59 Å². The van der Waals surface area contributed by atoms with Crippen LogP contribution in [0.2, 0.25) is 0 Å². The Labute approximate surface area is 157 Å². The van der Waals surface area contributed by atoms with E-state index >= 15 is 0 Å². The van der Waals surface area contributed by atoms with E-state index < -0.39 is 0 Å². The summed E-state index contributed by atoms with van der Waals surface area (Å²) in [6.45, 7) is 4.00. The van der Waals surface area contributed by atoms with Gasteiger partial charge in [-0.05, 0) is 31.2 Å². The molecule has 1 saturated heterocycles. The van der Waals surface area contributed by atoms with Crippen LogP contribution in [-0.4, -0.2) is 62.3 Å². The summed E-state index contributed by atoms with van der Waals surface area (Å²) in [7, 11) is 0. The highest BCUT2D eigenvalue weighted by atomic mass is 16.2. The van der Waals surface area contributed by atoms with Crippen molar-refractivity contribution in [2.24, 2.45) is 0 Å². The number of fused-ring (bicyclic) bond motifs is 1. The zero-order valence-electron chi connectivity index (χ0n) is 15.2. The molecule has 1 aliphatic rings. The number of hydrogen-bond donors (Lipinski definition) is 0. The third kappa shape index (κ3) is 3.28. The van der Waals surface area contributed by atoms with Gasteiger partial charge in [0.05, 0.1) is 22.9 Å². The molecule has 0 spiro atoms. The maximum Gasteiger partial charge on any atom is 0.255 e. The standard InChI is InChI=1S/C20H21N5O2/c1-15(25-14-22-17-6-2-3-7-18(17)25)19(26)23-9-11-24(12-10-23)20(27)16-5-4-8-21-13-16/h2-8,13-15H,9-12H2,1H3. The zero-order chi connectivity index (χ0) is 18.8. The molecule has 2 aromatic heterocycles. The van der Waals surface area contributed by atoms with Crippen molar-refractivity contribution in [1.29, 1.82) is 0 Å². The first kappa shape index (κ1) is 17.2. The van der Waals surface area contributed by atoms with Gasteiger partial charge in [-0.1, -0.05) is 12.1 Å². The zero-order valence-corrected chi connectivity index (χ0v) is 15.2. The smallest absolute Gasteiger partial charge is 0.255 e. The first-order valence-electron chi connectivity index (χ1n) is 9.05. The molecule has 1 fully saturated rings. The van der Waals surface area contributed by atoms with Gasteiger partial charge >= 0.3 is 0 Å². The van der Waals surface area contributed by atoms with Gasteiger partial charge in [0.1, 0.15) is 6.04 Å². The van der Waals surface area contributed by atoms with E-state index in [1.807, 2.05) is 40.7 Å². The summed E-state index contributed by atoms with van der Waals surface area (Å²) in [5, 5.41) is 0. The predicted octanol–water partition coefficient (Wildman–Crippen LogP) is 1.98. The fraction of sp³-hybridized carbons (Fsp3) is 0.300. The topological polar surface area (TPSA) is 71.3 Å². The van der Waals surface area contributed by atoms with E-state index in [-0.39, 0.29) is 17.9 Å². The van der Waals surface area contributed by atoms with Gasteiger partial charge in [0.2, 0.25) is 5.91 Å². The number of para-hydroxylation sites is 2. The second kappa shape index (κ2) is 7.19. The molecule has 3 heterocycles. The Morgan fingerprint density at radius 3 is 2.48 bits per heavy atom. The Hall–Kier alpha value is -3.22. The quantitative estimate of drug-likeness (QED) is 0.713. The van der Waals surface area contributed by atoms with E-state index in [4.69, 9.17) is 0 Å². The van der Waals surface area contributed by atoms with Crippen LogP contribution < -0.4 is 0 Å². The molecule has 138 valence electrons. The Morgan fingerprint density at radius 2 is 1.74 bits per heavy atom. The van der Waals surface area contributed by atoms with Crippen molar-refractivity contribution in [3.8, 4) is 0 Å². The minimum absolute atomic E-state index is 0.0381. The molecule has 0 radical (unpaired) electrons. The first-order chi connectivity index (χ1) is 13.1. The maximum absolute atomic E-state index is 13.0. The van der Waals surface area contributed by atoms with E-state index in [0.29, 0.717) is 31.7 Å². The SMILES string of the molecule is CC(C(=O)N1CCN(C(=O)c2cccnc2)CC1)n1cnc2ccccc21. The van der Waals surface area contributed by atoms with Crippen molar-refractivity contribution < 1.29 is 9.59 Å². The van der Waals surface area contributed by atoms with Crippen LogP contribution >= 0.6 is 0 Å². The molecular weight excluding hydrogens is 342 g/mol. The van der Waals surface area contributed by atoms with Crippen LogP contribution in [0.25, 0.3) is 11.0 Å². The van der Waals surface area contributed by atoms with Crippen LogP contribution in [-0.2, 0) is 4.79 Å². The van der Waals surface area contributed by atoms with E-state index in [1.54, 1.807) is 35.8 Å². The summed E-state index contributed by atoms with van der Waals surface area (Å²) >= 11 is 0. The number of aromatic nitrogens is 3. The lowest BCUT2D eigenvalue weighted by Gasteiger charge is -2.36. The van der Waals surface area contributed by atoms with Crippen molar-refractivity contribution in [3.05, 3.63) is 60.7 Å². The van der Waals surface area contributed by atoms with Gasteiger partial charge in [-0.25, -0.2) is 4.98 Å². The minimum atomic E-state index is -0.335. The Morgan fingerprint density at radius 1 is 1.00 bits per heavy atom. The number of carbonyl (C=O) groups is 2. The largest absolute Gasteiger partial charge is 0.337 e. The third-order valence-electron chi connectivity index (χ3n) is 5.04. The lowest BCUT2D eigenvalue weighted by Crippen LogP contribution is -2.51. The lowest BCUT2D eigenvalue weighted by atomic mass is 10.2. The summed E-state index contributed by atoms with van der Waals surface area (Å²) in [5.74, 6) is 0.00970. The monoisotopic (exact) mass is 363 g/mol. The van der Waals surface area contributed by atoms with Crippen LogP contribution in [0.5, 0.6) is 0 Å². The molecule has 7 nitrogen and oxygen atoms in total. The average molecular weight is 363 g/mol. The molecule has 1 aromatic carbocycles. The molecule has 1 unspecified atom stereocenters. The summed E-state index contributed by atoms with van der Waals surface area (Å²) < 4.78 is 1.91. The number of hydrogen-bond acceptors (Lipinski definition) is 4. The predicted molar refractivity (Wildman–Crippen MR) is 101 cm³/mol. The van der Waals surface area contributed by atoms with Crippen molar-refractivity contribution in [2.45, 2.75) is 13.0 Å². The van der Waals surface area contributed by atoms with Gasteiger partial charge < -0.3 is 14.4 Å². The number of nitrogens with zero attached hydrogens (tertiary/aromatic N) is 5. The van der Waals surface area contributed by atoms with Crippen molar-refractivity contribution in [1.82, 2.24) is 24.3 Å². The number of piperazine rings is 1. The highest BCUT2D eigenvalue weighted by Crippen LogP contribution is 2.20. The number of benzene rings is 1. The molecule has 1 aliphatic heterocycles. The minimum Gasteiger partial charge on any atom is -0.337 e. The third-order valence-corrected chi connectivity index (χ3v) is 5.04. The molecular formula is C20H21N5O2. The highest BCUT2D eigenvalue weighted by molar-refractivity contribution is 5.94. The molecule has 7 heteroatoms. The second-order valence-electron chi connectivity index (χ2n) is 6.68. The maximum atomic E-state index is 13.0. The van der Waals surface area contributed by atoms with Gasteiger partial charge in [-0.3, -0.25) is 14.6 Å². The van der Waals surface area contributed by atoms with Crippen LogP contribution in [0.1, 0.15) is 23.3 Å². The molecule has 0 bridgehead atoms. The summed E-state index contributed by atoms with van der Waals surface area (Å²) in [5.41, 5.74) is 2.41. The summed E-state index contributed by atoms with van der Waals surface area (Å²) in [6, 6.07) is 11.0. The number of imidazole rings is 1. The molecule has 1 atom stereocenters. The number of pyridine rings is 1. The van der Waals surface area contributed by atoms with Crippen LogP contribution in [0.3, 0.4) is 0 Å². The normalized spacial score (nSPS) is 15.7. The highest BCUT2D eigenvalue weighted by Gasteiger charge is 2.28. The number of amides is 2. The van der Waals surface area contributed by atoms with E-state index in [2.05, 4.69) is 9.97 Å². The molecule has 27 heavy (non-hydrogen) atoms. The average Bonchev–Trinajstić information content (AvgIpc) is 3.17. The van der Waals surface area contributed by atoms with Gasteiger partial charge in [0.25, 0.3) is 5.91 Å². The second-order valence-corrected chi connectivity index (χ2v) is 6.68. The Bertz CT molecular complexity index is 961. The van der Waals surface area contributed by atoms with Gasteiger partial charge in [-0.2, -0.15) is 0 Å². The number of rotatable bonds is 3. The van der Waals surface area contributed by atoms with Crippen LogP contribution in [0.15, 0.2) is 55.1 Å². The molecule has 2 amide bonds. The summed E-state index contributed by atoms with van der Waals surface area (Å²) in [6.07, 6.45) is 4.94. The molecule has 4 rings (SSSR count). The fourth-order valence-corrected chi connectivity index (χ4v) is 3.47. The molecule has 0 saturated carbocycles. The van der Waals surface area contributed by atoms with Crippen LogP contribution in [0, 0.1) is 0 Å². The number of carbonyl (C=O) groups excluding carboxylic acids is 2. The Kier molecular flexibility index (Phi) is 4.58. The molecule has 3 aromatic rings. The van der Waals surface area contributed by atoms with Gasteiger partial charge in [-0.15, -0.1) is 0 Å². The van der Waals surface area contributed by atoms with Crippen molar-refractivity contribution >= 4 is 22.8 Å². The van der Waals surface area contributed by atoms with Crippen LogP contribution in [0.4, 0.5) is 0 Å². The Balaban J connectivity index is 1.42. The fourth-order valence-electron chi connectivity index (χ4n) is 3.47. The van der Waals surface area contributed by atoms with E-state index in [0.717, 1.165) is 11.0 Å². The summed E-state index contributed by atoms with van der Waals surface area (Å²) in [4.78, 5) is 37.4. The van der Waals surface area contributed by atoms with Gasteiger partial charge in [0, 0.05) is 38.6 Å². The van der Waals surface area contributed by atoms with Gasteiger partial charge in [0.15, 0.2) is 0 Å². The lowest BCUT2D eigenvalue weighted by molar-refractivity contribution is -0.135. The van der Waals surface area contributed by atoms with Crippen molar-refractivity contribution in [3.63, 3.8) is 0 Å². The molecule has 0 N–H and O–H groups in total. The van der Waals surface area contributed by atoms with E-state index in [1.165, 1.54) is 0 Å².